The van der Waals surface area contributed by atoms with E-state index in [1.807, 2.05) is 6.26 Å². The molecule has 0 aromatic carbocycles. The smallest absolute Gasteiger partial charge is 0.153 e. The van der Waals surface area contributed by atoms with Crippen molar-refractivity contribution >= 4 is 34.1 Å². The number of hydrogen-bond acceptors (Lipinski definition) is 6. The molecule has 3 N–H and O–H groups in total. The highest BCUT2D eigenvalue weighted by molar-refractivity contribution is 7.99. The van der Waals surface area contributed by atoms with Crippen molar-refractivity contribution in [3.05, 3.63) is 0 Å². The number of aliphatic hydroxyl groups is 1. The van der Waals surface area contributed by atoms with Gasteiger partial charge in [0.2, 0.25) is 0 Å². The minimum atomic E-state index is 0.290. The molecule has 2 rings (SSSR count). The van der Waals surface area contributed by atoms with E-state index in [-0.39, 0.29) is 0 Å². The number of rotatable bonds is 4. The van der Waals surface area contributed by atoms with E-state index in [9.17, 15) is 0 Å². The molecule has 0 saturated carbocycles. The lowest BCUT2D eigenvalue weighted by Crippen LogP contribution is -2.19. The predicted octanol–water partition coefficient (Wildman–Crippen LogP) is 1.66. The summed E-state index contributed by atoms with van der Waals surface area (Å²) in [5, 5.41) is 10.1. The fraction of sp³-hybridized carbons (Fsp3) is 0.700. The van der Waals surface area contributed by atoms with Crippen molar-refractivity contribution in [1.82, 2.24) is 4.37 Å². The van der Waals surface area contributed by atoms with E-state index in [0.29, 0.717) is 18.3 Å². The quantitative estimate of drug-likeness (QED) is 0.805. The number of nitrogen functional groups attached to an aromatic ring is 1. The van der Waals surface area contributed by atoms with Gasteiger partial charge in [-0.2, -0.15) is 4.37 Å². The molecule has 0 radical (unpaired) electrons. The standard InChI is InChI=1S/C10H17N3OS2/c1-15-8-9(11)12-16-10(8)13-4-2-7(6-13)3-5-14/h7,14H,2-6H2,1H3,(H2,11,12). The summed E-state index contributed by atoms with van der Waals surface area (Å²) in [5.74, 6) is 1.26. The first kappa shape index (κ1) is 12.0. The molecule has 1 saturated heterocycles. The van der Waals surface area contributed by atoms with E-state index in [1.54, 1.807) is 11.8 Å². The van der Waals surface area contributed by atoms with Gasteiger partial charge in [-0.3, -0.25) is 0 Å². The summed E-state index contributed by atoms with van der Waals surface area (Å²) in [6.45, 7) is 2.37. The Hall–Kier alpha value is -0.460. The average Bonchev–Trinajstić information content (AvgIpc) is 2.85. The van der Waals surface area contributed by atoms with E-state index in [4.69, 9.17) is 10.8 Å². The Bertz CT molecular complexity index is 356. The molecule has 2 heterocycles. The van der Waals surface area contributed by atoms with E-state index < -0.39 is 0 Å². The monoisotopic (exact) mass is 259 g/mol. The molecule has 1 unspecified atom stereocenters. The topological polar surface area (TPSA) is 62.4 Å². The van der Waals surface area contributed by atoms with Gasteiger partial charge in [0.25, 0.3) is 0 Å². The number of nitrogens with zero attached hydrogens (tertiary/aromatic N) is 2. The largest absolute Gasteiger partial charge is 0.396 e. The van der Waals surface area contributed by atoms with Crippen molar-refractivity contribution in [1.29, 1.82) is 0 Å². The molecule has 16 heavy (non-hydrogen) atoms. The van der Waals surface area contributed by atoms with Crippen LogP contribution in [0, 0.1) is 5.92 Å². The number of hydrogen-bond donors (Lipinski definition) is 2. The van der Waals surface area contributed by atoms with Gasteiger partial charge < -0.3 is 15.7 Å². The lowest BCUT2D eigenvalue weighted by atomic mass is 10.1. The molecule has 1 fully saturated rings. The summed E-state index contributed by atoms with van der Waals surface area (Å²) < 4.78 is 4.21. The zero-order valence-electron chi connectivity index (χ0n) is 9.35. The third kappa shape index (κ3) is 2.28. The van der Waals surface area contributed by atoms with Gasteiger partial charge in [0.05, 0.1) is 4.90 Å². The van der Waals surface area contributed by atoms with Gasteiger partial charge >= 0.3 is 0 Å². The predicted molar refractivity (Wildman–Crippen MR) is 70.3 cm³/mol. The number of anilines is 2. The Morgan fingerprint density at radius 3 is 3.19 bits per heavy atom. The number of thioether (sulfide) groups is 1. The van der Waals surface area contributed by atoms with Crippen LogP contribution in [-0.2, 0) is 0 Å². The Morgan fingerprint density at radius 2 is 2.50 bits per heavy atom. The van der Waals surface area contributed by atoms with Crippen LogP contribution < -0.4 is 10.6 Å². The van der Waals surface area contributed by atoms with Crippen LogP contribution in [0.3, 0.4) is 0 Å². The SMILES string of the molecule is CSc1c(N)nsc1N1CCC(CCO)C1. The molecular weight excluding hydrogens is 242 g/mol. The summed E-state index contributed by atoms with van der Waals surface area (Å²) >= 11 is 3.15. The fourth-order valence-corrected chi connectivity index (χ4v) is 3.84. The molecule has 1 aromatic rings. The minimum absolute atomic E-state index is 0.290. The van der Waals surface area contributed by atoms with Gasteiger partial charge in [0, 0.05) is 19.7 Å². The Kier molecular flexibility index (Phi) is 3.94. The lowest BCUT2D eigenvalue weighted by molar-refractivity contribution is 0.263. The van der Waals surface area contributed by atoms with Crippen LogP contribution in [0.2, 0.25) is 0 Å². The van der Waals surface area contributed by atoms with E-state index in [0.717, 1.165) is 30.8 Å². The van der Waals surface area contributed by atoms with E-state index >= 15 is 0 Å². The van der Waals surface area contributed by atoms with Gasteiger partial charge in [-0.25, -0.2) is 0 Å². The maximum Gasteiger partial charge on any atom is 0.153 e. The molecule has 90 valence electrons. The first-order valence-electron chi connectivity index (χ1n) is 5.41. The fourth-order valence-electron chi connectivity index (χ4n) is 2.11. The molecule has 0 bridgehead atoms. The van der Waals surface area contributed by atoms with Crippen molar-refractivity contribution < 1.29 is 5.11 Å². The normalized spacial score (nSPS) is 20.6. The van der Waals surface area contributed by atoms with Gasteiger partial charge in [-0.05, 0) is 36.5 Å². The van der Waals surface area contributed by atoms with Gasteiger partial charge in [-0.1, -0.05) is 0 Å². The molecular formula is C10H17N3OS2. The maximum atomic E-state index is 8.94. The second kappa shape index (κ2) is 5.25. The van der Waals surface area contributed by atoms with Crippen LogP contribution >= 0.6 is 23.3 Å². The van der Waals surface area contributed by atoms with Crippen molar-refractivity contribution in [2.45, 2.75) is 17.7 Å². The lowest BCUT2D eigenvalue weighted by Gasteiger charge is -2.17. The van der Waals surface area contributed by atoms with Crippen LogP contribution in [0.15, 0.2) is 4.90 Å². The van der Waals surface area contributed by atoms with Crippen LogP contribution in [0.5, 0.6) is 0 Å². The van der Waals surface area contributed by atoms with Crippen molar-refractivity contribution in [2.24, 2.45) is 5.92 Å². The zero-order chi connectivity index (χ0) is 11.5. The molecule has 4 nitrogen and oxygen atoms in total. The van der Waals surface area contributed by atoms with Gasteiger partial charge in [-0.15, -0.1) is 11.8 Å². The van der Waals surface area contributed by atoms with Crippen molar-refractivity contribution in [3.8, 4) is 0 Å². The third-order valence-electron chi connectivity index (χ3n) is 2.97. The first-order chi connectivity index (χ1) is 7.76. The van der Waals surface area contributed by atoms with Gasteiger partial charge in [0.15, 0.2) is 5.82 Å². The van der Waals surface area contributed by atoms with E-state index in [1.165, 1.54) is 16.5 Å². The summed E-state index contributed by atoms with van der Waals surface area (Å²) in [7, 11) is 0. The number of aliphatic hydroxyl groups excluding tert-OH is 1. The second-order valence-corrected chi connectivity index (χ2v) is 5.59. The molecule has 1 aliphatic heterocycles. The average molecular weight is 259 g/mol. The highest BCUT2D eigenvalue weighted by Crippen LogP contribution is 2.39. The third-order valence-corrected chi connectivity index (χ3v) is 4.84. The summed E-state index contributed by atoms with van der Waals surface area (Å²) in [6.07, 6.45) is 4.09. The molecule has 0 spiro atoms. The molecule has 1 aromatic heterocycles. The molecule has 1 aliphatic rings. The molecule has 6 heteroatoms. The summed E-state index contributed by atoms with van der Waals surface area (Å²) in [6, 6.07) is 0. The highest BCUT2D eigenvalue weighted by Gasteiger charge is 2.26. The van der Waals surface area contributed by atoms with Crippen molar-refractivity contribution in [2.75, 3.05) is 36.6 Å². The van der Waals surface area contributed by atoms with Crippen LogP contribution in [0.25, 0.3) is 0 Å². The highest BCUT2D eigenvalue weighted by atomic mass is 32.2. The molecule has 1 atom stereocenters. The zero-order valence-corrected chi connectivity index (χ0v) is 11.0. The summed E-state index contributed by atoms with van der Waals surface area (Å²) in [4.78, 5) is 3.45. The van der Waals surface area contributed by atoms with Gasteiger partial charge in [0.1, 0.15) is 5.00 Å². The number of aromatic nitrogens is 1. The first-order valence-corrected chi connectivity index (χ1v) is 7.41. The van der Waals surface area contributed by atoms with Crippen LogP contribution in [0.4, 0.5) is 10.8 Å². The number of nitrogens with two attached hydrogens (primary N) is 1. The van der Waals surface area contributed by atoms with E-state index in [2.05, 4.69) is 9.27 Å². The molecule has 0 aliphatic carbocycles. The molecule has 0 amide bonds. The maximum absolute atomic E-state index is 8.94. The Balaban J connectivity index is 2.08. The Morgan fingerprint density at radius 1 is 1.69 bits per heavy atom. The van der Waals surface area contributed by atoms with Crippen molar-refractivity contribution in [3.63, 3.8) is 0 Å². The summed E-state index contributed by atoms with van der Waals surface area (Å²) in [5.41, 5.74) is 5.82. The van der Waals surface area contributed by atoms with Crippen LogP contribution in [-0.4, -0.2) is 35.4 Å². The minimum Gasteiger partial charge on any atom is -0.396 e. The Labute approximate surface area is 104 Å². The van der Waals surface area contributed by atoms with Crippen LogP contribution in [0.1, 0.15) is 12.8 Å². The second-order valence-electron chi connectivity index (χ2n) is 4.02.